The summed E-state index contributed by atoms with van der Waals surface area (Å²) >= 11 is 1.74. The number of halogens is 5. The first-order chi connectivity index (χ1) is 15.1. The molecule has 3 amide bonds. The first-order valence-corrected chi connectivity index (χ1v) is 10.8. The van der Waals surface area contributed by atoms with E-state index in [4.69, 9.17) is 0 Å². The van der Waals surface area contributed by atoms with Crippen LogP contribution in [0.3, 0.4) is 0 Å². The van der Waals surface area contributed by atoms with Crippen LogP contribution in [0.15, 0.2) is 0 Å². The van der Waals surface area contributed by atoms with Gasteiger partial charge < -0.3 is 20.3 Å². The van der Waals surface area contributed by atoms with Crippen molar-refractivity contribution < 1.29 is 41.1 Å². The van der Waals surface area contributed by atoms with Crippen LogP contribution in [0.4, 0.5) is 26.7 Å². The van der Waals surface area contributed by atoms with Crippen molar-refractivity contribution in [1.29, 1.82) is 0 Å². The van der Waals surface area contributed by atoms with Crippen molar-refractivity contribution in [1.82, 2.24) is 15.5 Å². The van der Waals surface area contributed by atoms with Crippen LogP contribution in [-0.2, 0) is 9.59 Å². The standard InChI is InChI=1S/C19H20F5N3O4S/c1-27(6-11(29)31-18-15(23)13(21)12(20)14(22)16(18)24)10(28)5-3-2-4-9-17-8(7-32-9)25-19(30)26-17/h8-9,17H,2-7H2,1H3,(H2,25,26,30)/t8-,9-,17-/m0/s1. The number of amides is 3. The number of nitrogens with zero attached hydrogens (tertiary/aromatic N) is 1. The van der Waals surface area contributed by atoms with Crippen molar-refractivity contribution in [2.24, 2.45) is 0 Å². The van der Waals surface area contributed by atoms with Crippen molar-refractivity contribution in [2.45, 2.75) is 43.0 Å². The van der Waals surface area contributed by atoms with Crippen molar-refractivity contribution in [3.63, 3.8) is 0 Å². The number of nitrogens with one attached hydrogen (secondary N) is 2. The number of thioether (sulfide) groups is 1. The molecule has 176 valence electrons. The predicted octanol–water partition coefficient (Wildman–Crippen LogP) is 2.47. The molecule has 2 fully saturated rings. The van der Waals surface area contributed by atoms with Crippen LogP contribution in [-0.4, -0.2) is 59.5 Å². The van der Waals surface area contributed by atoms with E-state index in [1.807, 2.05) is 0 Å². The Morgan fingerprint density at radius 3 is 2.31 bits per heavy atom. The van der Waals surface area contributed by atoms with Gasteiger partial charge in [0.05, 0.1) is 12.1 Å². The third-order valence-corrected chi connectivity index (χ3v) is 6.75. The number of benzene rings is 1. The number of fused-ring (bicyclic) bond motifs is 1. The summed E-state index contributed by atoms with van der Waals surface area (Å²) in [6, 6.07) is -0.0172. The Morgan fingerprint density at radius 2 is 1.66 bits per heavy atom. The van der Waals surface area contributed by atoms with E-state index >= 15 is 0 Å². The maximum Gasteiger partial charge on any atom is 0.331 e. The molecular weight excluding hydrogens is 461 g/mol. The average Bonchev–Trinajstić information content (AvgIpc) is 3.30. The fourth-order valence-electron chi connectivity index (χ4n) is 3.56. The number of likely N-dealkylation sites (N-methyl/N-ethyl adjacent to an activating group) is 1. The fourth-order valence-corrected chi connectivity index (χ4v) is 5.10. The van der Waals surface area contributed by atoms with E-state index in [0.717, 1.165) is 17.1 Å². The van der Waals surface area contributed by atoms with E-state index in [1.54, 1.807) is 11.8 Å². The summed E-state index contributed by atoms with van der Waals surface area (Å²) in [5.41, 5.74) is 0. The molecule has 3 atom stereocenters. The molecular formula is C19H20F5N3O4S. The summed E-state index contributed by atoms with van der Waals surface area (Å²) in [5, 5.41) is 5.95. The van der Waals surface area contributed by atoms with Gasteiger partial charge in [0, 0.05) is 24.5 Å². The highest BCUT2D eigenvalue weighted by Crippen LogP contribution is 2.33. The molecule has 2 aliphatic heterocycles. The molecule has 32 heavy (non-hydrogen) atoms. The molecule has 1 aromatic carbocycles. The average molecular weight is 481 g/mol. The second-order valence-corrected chi connectivity index (χ2v) is 8.76. The molecule has 0 spiro atoms. The maximum atomic E-state index is 13.6. The summed E-state index contributed by atoms with van der Waals surface area (Å²) in [6.07, 6.45) is 2.08. The molecule has 0 saturated carbocycles. The minimum Gasteiger partial charge on any atom is -0.419 e. The van der Waals surface area contributed by atoms with Gasteiger partial charge in [-0.1, -0.05) is 6.42 Å². The van der Waals surface area contributed by atoms with Gasteiger partial charge in [-0.2, -0.15) is 20.5 Å². The van der Waals surface area contributed by atoms with Crippen LogP contribution in [0.5, 0.6) is 5.75 Å². The molecule has 13 heteroatoms. The number of esters is 1. The Morgan fingerprint density at radius 1 is 1.03 bits per heavy atom. The van der Waals surface area contributed by atoms with Crippen LogP contribution in [0, 0.1) is 29.1 Å². The Balaban J connectivity index is 1.43. The largest absolute Gasteiger partial charge is 0.419 e. The maximum absolute atomic E-state index is 13.6. The van der Waals surface area contributed by atoms with Crippen molar-refractivity contribution in [3.05, 3.63) is 29.1 Å². The lowest BCUT2D eigenvalue weighted by Gasteiger charge is -2.18. The lowest BCUT2D eigenvalue weighted by molar-refractivity contribution is -0.141. The number of ether oxygens (including phenoxy) is 1. The topological polar surface area (TPSA) is 87.7 Å². The van der Waals surface area contributed by atoms with Crippen molar-refractivity contribution in [3.8, 4) is 5.75 Å². The molecule has 2 aliphatic rings. The van der Waals surface area contributed by atoms with Gasteiger partial charge in [-0.25, -0.2) is 22.8 Å². The lowest BCUT2D eigenvalue weighted by atomic mass is 10.0. The van der Waals surface area contributed by atoms with Gasteiger partial charge in [-0.05, 0) is 12.8 Å². The monoisotopic (exact) mass is 481 g/mol. The molecule has 0 radical (unpaired) electrons. The Hall–Kier alpha value is -2.57. The number of rotatable bonds is 8. The normalized spacial score (nSPS) is 21.7. The van der Waals surface area contributed by atoms with Crippen LogP contribution in [0.1, 0.15) is 25.7 Å². The quantitative estimate of drug-likeness (QED) is 0.113. The van der Waals surface area contributed by atoms with E-state index < -0.39 is 53.3 Å². The number of carbonyl (C=O) groups excluding carboxylic acids is 3. The third kappa shape index (κ3) is 5.08. The molecule has 0 aromatic heterocycles. The van der Waals surface area contributed by atoms with Crippen LogP contribution < -0.4 is 15.4 Å². The van der Waals surface area contributed by atoms with Gasteiger partial charge in [-0.3, -0.25) is 4.79 Å². The lowest BCUT2D eigenvalue weighted by Crippen LogP contribution is -2.36. The van der Waals surface area contributed by atoms with E-state index in [0.29, 0.717) is 12.8 Å². The molecule has 2 N–H and O–H groups in total. The van der Waals surface area contributed by atoms with Gasteiger partial charge in [0.2, 0.25) is 40.7 Å². The Bertz CT molecular complexity index is 906. The number of unbranched alkanes of at least 4 members (excludes halogenated alkanes) is 1. The number of hydrogen-bond acceptors (Lipinski definition) is 5. The second kappa shape index (κ2) is 9.92. The van der Waals surface area contributed by atoms with Gasteiger partial charge in [0.25, 0.3) is 0 Å². The Kier molecular flexibility index (Phi) is 7.47. The Labute approximate surface area is 184 Å². The molecule has 2 heterocycles. The minimum absolute atomic E-state index is 0.0579. The SMILES string of the molecule is CN(CC(=O)Oc1c(F)c(F)c(F)c(F)c1F)C(=O)CCCC[C@@H]1SC[C@@H]2NC(=O)N[C@@H]21. The highest BCUT2D eigenvalue weighted by Gasteiger charge is 2.42. The zero-order chi connectivity index (χ0) is 23.6. The highest BCUT2D eigenvalue weighted by molar-refractivity contribution is 8.00. The van der Waals surface area contributed by atoms with Gasteiger partial charge in [0.15, 0.2) is 0 Å². The number of carbonyl (C=O) groups is 3. The van der Waals surface area contributed by atoms with E-state index in [1.165, 1.54) is 7.05 Å². The molecule has 2 saturated heterocycles. The summed E-state index contributed by atoms with van der Waals surface area (Å²) in [5.74, 6) is -14.1. The molecule has 0 bridgehead atoms. The second-order valence-electron chi connectivity index (χ2n) is 7.49. The summed E-state index contributed by atoms with van der Waals surface area (Å²) in [4.78, 5) is 36.3. The fraction of sp³-hybridized carbons (Fsp3) is 0.526. The zero-order valence-corrected chi connectivity index (χ0v) is 17.7. The zero-order valence-electron chi connectivity index (χ0n) is 16.9. The van der Waals surface area contributed by atoms with Crippen LogP contribution in [0.25, 0.3) is 0 Å². The first-order valence-electron chi connectivity index (χ1n) is 9.74. The minimum atomic E-state index is -2.37. The third-order valence-electron chi connectivity index (χ3n) is 5.24. The summed E-state index contributed by atoms with van der Waals surface area (Å²) in [7, 11) is 1.25. The summed E-state index contributed by atoms with van der Waals surface area (Å²) < 4.78 is 70.8. The van der Waals surface area contributed by atoms with E-state index in [-0.39, 0.29) is 29.8 Å². The van der Waals surface area contributed by atoms with Crippen LogP contribution >= 0.6 is 11.8 Å². The first kappa shape index (κ1) is 24.1. The smallest absolute Gasteiger partial charge is 0.331 e. The van der Waals surface area contributed by atoms with E-state index in [9.17, 15) is 36.3 Å². The summed E-state index contributed by atoms with van der Waals surface area (Å²) in [6.45, 7) is -0.738. The highest BCUT2D eigenvalue weighted by atomic mass is 32.2. The number of urea groups is 1. The predicted molar refractivity (Wildman–Crippen MR) is 103 cm³/mol. The van der Waals surface area contributed by atoms with E-state index in [2.05, 4.69) is 15.4 Å². The van der Waals surface area contributed by atoms with Gasteiger partial charge in [0.1, 0.15) is 6.54 Å². The molecule has 7 nitrogen and oxygen atoms in total. The molecule has 3 rings (SSSR count). The molecule has 0 unspecified atom stereocenters. The van der Waals surface area contributed by atoms with Crippen molar-refractivity contribution in [2.75, 3.05) is 19.3 Å². The number of hydrogen-bond donors (Lipinski definition) is 2. The van der Waals surface area contributed by atoms with Gasteiger partial charge >= 0.3 is 12.0 Å². The van der Waals surface area contributed by atoms with Crippen molar-refractivity contribution >= 4 is 29.7 Å². The van der Waals surface area contributed by atoms with Gasteiger partial charge in [-0.15, -0.1) is 0 Å². The molecule has 1 aromatic rings. The molecule has 0 aliphatic carbocycles. The van der Waals surface area contributed by atoms with Crippen LogP contribution in [0.2, 0.25) is 0 Å².